The lowest BCUT2D eigenvalue weighted by molar-refractivity contribution is -0.116. The van der Waals surface area contributed by atoms with Gasteiger partial charge in [-0.3, -0.25) is 4.79 Å². The first-order valence-corrected chi connectivity index (χ1v) is 10.8. The summed E-state index contributed by atoms with van der Waals surface area (Å²) in [6.07, 6.45) is 2.94. The van der Waals surface area contributed by atoms with Crippen LogP contribution in [0.3, 0.4) is 0 Å². The second-order valence-corrected chi connectivity index (χ2v) is 8.78. The maximum atomic E-state index is 12.5. The Bertz CT molecular complexity index is 907. The Hall–Kier alpha value is -3.29. The number of benzene rings is 1. The zero-order valence-corrected chi connectivity index (χ0v) is 18.8. The van der Waals surface area contributed by atoms with Crippen molar-refractivity contribution in [2.24, 2.45) is 0 Å². The molecule has 0 radical (unpaired) electrons. The molecule has 32 heavy (non-hydrogen) atoms. The van der Waals surface area contributed by atoms with E-state index in [1.165, 1.54) is 0 Å². The van der Waals surface area contributed by atoms with Crippen LogP contribution in [0.5, 0.6) is 0 Å². The lowest BCUT2D eigenvalue weighted by Crippen LogP contribution is -2.43. The molecule has 0 aliphatic carbocycles. The number of aryl methyl sites for hydroxylation is 1. The number of carbonyl (C=O) groups is 3. The minimum atomic E-state index is -0.536. The molecule has 1 N–H and O–H groups in total. The number of esters is 1. The van der Waals surface area contributed by atoms with Crippen LogP contribution in [0.25, 0.3) is 0 Å². The number of nitrogens with zero attached hydrogens (tertiary/aromatic N) is 1. The lowest BCUT2D eigenvalue weighted by Gasteiger charge is -2.33. The van der Waals surface area contributed by atoms with E-state index in [-0.39, 0.29) is 18.1 Å². The summed E-state index contributed by atoms with van der Waals surface area (Å²) in [4.78, 5) is 38.3. The Labute approximate surface area is 187 Å². The number of furan rings is 1. The molecule has 1 aromatic heterocycles. The standard InChI is InChI=1S/C24H30N2O6/c1-24(2,3)32-23(29)26-14-12-20(13-15-26)31-22(28)17-6-8-18(9-7-17)25-21(27)11-10-19-5-4-16-30-19/h4-9,16,20H,10-15H2,1-3H3,(H,25,27). The van der Waals surface area contributed by atoms with Crippen molar-refractivity contribution < 1.29 is 28.3 Å². The van der Waals surface area contributed by atoms with Gasteiger partial charge in [0.2, 0.25) is 5.91 Å². The number of carbonyl (C=O) groups excluding carboxylic acids is 3. The van der Waals surface area contributed by atoms with Gasteiger partial charge in [-0.05, 0) is 57.2 Å². The van der Waals surface area contributed by atoms with Gasteiger partial charge in [-0.1, -0.05) is 0 Å². The van der Waals surface area contributed by atoms with Crippen LogP contribution >= 0.6 is 0 Å². The van der Waals surface area contributed by atoms with Crippen LogP contribution in [0.2, 0.25) is 0 Å². The van der Waals surface area contributed by atoms with E-state index in [9.17, 15) is 14.4 Å². The van der Waals surface area contributed by atoms with Gasteiger partial charge >= 0.3 is 12.1 Å². The number of likely N-dealkylation sites (tertiary alicyclic amines) is 1. The lowest BCUT2D eigenvalue weighted by atomic mass is 10.1. The molecule has 1 aromatic carbocycles. The average Bonchev–Trinajstić information content (AvgIpc) is 3.26. The van der Waals surface area contributed by atoms with Crippen LogP contribution in [0.4, 0.5) is 10.5 Å². The molecular weight excluding hydrogens is 412 g/mol. The molecule has 8 nitrogen and oxygen atoms in total. The van der Waals surface area contributed by atoms with Gasteiger partial charge in [0.25, 0.3) is 0 Å². The molecule has 0 unspecified atom stereocenters. The van der Waals surface area contributed by atoms with Crippen molar-refractivity contribution in [3.8, 4) is 0 Å². The van der Waals surface area contributed by atoms with E-state index in [1.807, 2.05) is 26.8 Å². The number of piperidine rings is 1. The molecule has 0 saturated carbocycles. The zero-order valence-electron chi connectivity index (χ0n) is 18.8. The number of rotatable bonds is 6. The second kappa shape index (κ2) is 10.3. The van der Waals surface area contributed by atoms with Crippen molar-refractivity contribution >= 4 is 23.7 Å². The van der Waals surface area contributed by atoms with E-state index in [0.717, 1.165) is 5.76 Å². The number of ether oxygens (including phenoxy) is 2. The highest BCUT2D eigenvalue weighted by Gasteiger charge is 2.28. The maximum Gasteiger partial charge on any atom is 0.410 e. The summed E-state index contributed by atoms with van der Waals surface area (Å²) in [6.45, 7) is 6.46. The van der Waals surface area contributed by atoms with Crippen molar-refractivity contribution in [1.82, 2.24) is 4.90 Å². The quantitative estimate of drug-likeness (QED) is 0.666. The third kappa shape index (κ3) is 7.14. The zero-order chi connectivity index (χ0) is 23.1. The molecule has 1 saturated heterocycles. The molecule has 172 valence electrons. The van der Waals surface area contributed by atoms with Gasteiger partial charge in [0.1, 0.15) is 17.5 Å². The van der Waals surface area contributed by atoms with Crippen LogP contribution in [-0.2, 0) is 20.7 Å². The van der Waals surface area contributed by atoms with Crippen LogP contribution < -0.4 is 5.32 Å². The van der Waals surface area contributed by atoms with E-state index in [1.54, 1.807) is 41.5 Å². The van der Waals surface area contributed by atoms with Gasteiger partial charge in [0.15, 0.2) is 0 Å². The predicted molar refractivity (Wildman–Crippen MR) is 118 cm³/mol. The first-order chi connectivity index (χ1) is 15.2. The molecule has 3 rings (SSSR count). The maximum absolute atomic E-state index is 12.5. The minimum absolute atomic E-state index is 0.131. The highest BCUT2D eigenvalue weighted by atomic mass is 16.6. The fraction of sp³-hybridized carbons (Fsp3) is 0.458. The highest BCUT2D eigenvalue weighted by Crippen LogP contribution is 2.19. The van der Waals surface area contributed by atoms with Gasteiger partial charge in [-0.15, -0.1) is 0 Å². The van der Waals surface area contributed by atoms with E-state index in [0.29, 0.717) is 50.0 Å². The van der Waals surface area contributed by atoms with Gasteiger partial charge in [-0.25, -0.2) is 9.59 Å². The van der Waals surface area contributed by atoms with Crippen molar-refractivity contribution in [2.45, 2.75) is 58.2 Å². The van der Waals surface area contributed by atoms with Crippen LogP contribution in [0.1, 0.15) is 56.2 Å². The van der Waals surface area contributed by atoms with Crippen molar-refractivity contribution in [2.75, 3.05) is 18.4 Å². The van der Waals surface area contributed by atoms with E-state index >= 15 is 0 Å². The summed E-state index contributed by atoms with van der Waals surface area (Å²) in [5.41, 5.74) is 0.482. The number of amides is 2. The summed E-state index contributed by atoms with van der Waals surface area (Å²) in [5.74, 6) is 0.208. The Morgan fingerprint density at radius 2 is 1.78 bits per heavy atom. The first kappa shape index (κ1) is 23.4. The fourth-order valence-electron chi connectivity index (χ4n) is 3.31. The molecule has 0 bridgehead atoms. The number of nitrogens with one attached hydrogen (secondary N) is 1. The Morgan fingerprint density at radius 3 is 2.38 bits per heavy atom. The average molecular weight is 443 g/mol. The van der Waals surface area contributed by atoms with Crippen LogP contribution in [-0.4, -0.2) is 47.7 Å². The van der Waals surface area contributed by atoms with Gasteiger partial charge in [0, 0.05) is 44.5 Å². The van der Waals surface area contributed by atoms with E-state index < -0.39 is 11.6 Å². The number of hydrogen-bond donors (Lipinski definition) is 1. The summed E-state index contributed by atoms with van der Waals surface area (Å²) < 4.78 is 16.2. The van der Waals surface area contributed by atoms with Crippen LogP contribution in [0.15, 0.2) is 47.1 Å². The third-order valence-electron chi connectivity index (χ3n) is 4.95. The van der Waals surface area contributed by atoms with E-state index in [4.69, 9.17) is 13.9 Å². The van der Waals surface area contributed by atoms with Gasteiger partial charge < -0.3 is 24.1 Å². The van der Waals surface area contributed by atoms with Gasteiger partial charge in [-0.2, -0.15) is 0 Å². The largest absolute Gasteiger partial charge is 0.469 e. The predicted octanol–water partition coefficient (Wildman–Crippen LogP) is 4.41. The van der Waals surface area contributed by atoms with Crippen LogP contribution in [0, 0.1) is 0 Å². The third-order valence-corrected chi connectivity index (χ3v) is 4.95. The molecule has 2 aromatic rings. The monoisotopic (exact) mass is 442 g/mol. The minimum Gasteiger partial charge on any atom is -0.469 e. The highest BCUT2D eigenvalue weighted by molar-refractivity contribution is 5.93. The molecule has 8 heteroatoms. The topological polar surface area (TPSA) is 98.1 Å². The first-order valence-electron chi connectivity index (χ1n) is 10.8. The molecule has 1 fully saturated rings. The fourth-order valence-corrected chi connectivity index (χ4v) is 3.31. The Morgan fingerprint density at radius 1 is 1.09 bits per heavy atom. The van der Waals surface area contributed by atoms with Crippen molar-refractivity contribution in [1.29, 1.82) is 0 Å². The second-order valence-electron chi connectivity index (χ2n) is 8.78. The van der Waals surface area contributed by atoms with E-state index in [2.05, 4.69) is 5.32 Å². The molecular formula is C24H30N2O6. The smallest absolute Gasteiger partial charge is 0.410 e. The summed E-state index contributed by atoms with van der Waals surface area (Å²) in [7, 11) is 0. The Kier molecular flexibility index (Phi) is 7.56. The molecule has 0 atom stereocenters. The molecule has 1 aliphatic rings. The number of anilines is 1. The summed E-state index contributed by atoms with van der Waals surface area (Å²) in [6, 6.07) is 10.2. The molecule has 0 spiro atoms. The molecule has 2 amide bonds. The van der Waals surface area contributed by atoms with Crippen molar-refractivity contribution in [3.05, 3.63) is 54.0 Å². The Balaban J connectivity index is 1.42. The number of hydrogen-bond acceptors (Lipinski definition) is 6. The normalized spacial score (nSPS) is 14.7. The molecule has 1 aliphatic heterocycles. The SMILES string of the molecule is CC(C)(C)OC(=O)N1CCC(OC(=O)c2ccc(NC(=O)CCc3ccco3)cc2)CC1. The summed E-state index contributed by atoms with van der Waals surface area (Å²) >= 11 is 0. The van der Waals surface area contributed by atoms with Gasteiger partial charge in [0.05, 0.1) is 11.8 Å². The molecule has 2 heterocycles. The summed E-state index contributed by atoms with van der Waals surface area (Å²) in [5, 5.41) is 2.80. The van der Waals surface area contributed by atoms with Crippen molar-refractivity contribution in [3.63, 3.8) is 0 Å².